The molecule has 3 atom stereocenters. The van der Waals surface area contributed by atoms with Crippen molar-refractivity contribution in [1.29, 1.82) is 0 Å². The van der Waals surface area contributed by atoms with Crippen LogP contribution in [0.2, 0.25) is 0 Å². The normalized spacial score (nSPS) is 34.3. The lowest BCUT2D eigenvalue weighted by atomic mass is 10.2. The highest BCUT2D eigenvalue weighted by Gasteiger charge is 2.34. The van der Waals surface area contributed by atoms with Crippen LogP contribution in [0.3, 0.4) is 0 Å². The van der Waals surface area contributed by atoms with Crippen molar-refractivity contribution in [1.82, 2.24) is 0 Å². The van der Waals surface area contributed by atoms with Crippen molar-refractivity contribution in [2.45, 2.75) is 31.6 Å². The van der Waals surface area contributed by atoms with Crippen molar-refractivity contribution in [3.8, 4) is 0 Å². The average Bonchev–Trinajstić information content (AvgIpc) is 2.05. The van der Waals surface area contributed by atoms with Gasteiger partial charge in [0.05, 0.1) is 0 Å². The van der Waals surface area contributed by atoms with Crippen LogP contribution in [0.25, 0.3) is 0 Å². The Balaban J connectivity index is 2.20. The second kappa shape index (κ2) is 3.18. The van der Waals surface area contributed by atoms with Crippen LogP contribution >= 0.6 is 7.92 Å². The summed E-state index contributed by atoms with van der Waals surface area (Å²) in [5.41, 5.74) is 1.91. The zero-order chi connectivity index (χ0) is 8.55. The molecule has 0 amide bonds. The molecule has 1 unspecified atom stereocenters. The van der Waals surface area contributed by atoms with E-state index in [1.165, 1.54) is 6.42 Å². The summed E-state index contributed by atoms with van der Waals surface area (Å²) in [5, 5.41) is 1.60. The molecule has 1 aliphatic heterocycles. The van der Waals surface area contributed by atoms with Gasteiger partial charge < -0.3 is 0 Å². The third kappa shape index (κ3) is 1.29. The van der Waals surface area contributed by atoms with Gasteiger partial charge in [-0.2, -0.15) is 0 Å². The maximum Gasteiger partial charge on any atom is -0.0189 e. The van der Waals surface area contributed by atoms with Gasteiger partial charge in [-0.05, 0) is 23.0 Å². The van der Waals surface area contributed by atoms with E-state index in [1.54, 1.807) is 5.30 Å². The molecule has 1 aromatic rings. The van der Waals surface area contributed by atoms with E-state index in [1.807, 2.05) is 0 Å². The molecule has 64 valence electrons. The molecule has 1 aliphatic rings. The lowest BCUT2D eigenvalue weighted by molar-refractivity contribution is 0.714. The lowest BCUT2D eigenvalue weighted by Gasteiger charge is -2.42. The maximum atomic E-state index is 2.39. The number of hydrogen-bond donors (Lipinski definition) is 0. The molecule has 0 radical (unpaired) electrons. The first-order valence-electron chi connectivity index (χ1n) is 4.62. The van der Waals surface area contributed by atoms with Gasteiger partial charge in [-0.1, -0.05) is 52.1 Å². The molecule has 0 bridgehead atoms. The van der Waals surface area contributed by atoms with Crippen LogP contribution in [0, 0.1) is 0 Å². The Bertz CT molecular complexity index is 247. The average molecular weight is 178 g/mol. The highest BCUT2D eigenvalue weighted by Crippen LogP contribution is 2.57. The topological polar surface area (TPSA) is 0 Å². The summed E-state index contributed by atoms with van der Waals surface area (Å²) in [6, 6.07) is 11.0. The Morgan fingerprint density at radius 1 is 1.08 bits per heavy atom. The van der Waals surface area contributed by atoms with E-state index < -0.39 is 0 Å². The SMILES string of the molecule is C[C@@H]1C[C@H](C)P1c1ccccc1. The van der Waals surface area contributed by atoms with E-state index in [-0.39, 0.29) is 7.92 Å². The van der Waals surface area contributed by atoms with Crippen molar-refractivity contribution in [3.63, 3.8) is 0 Å². The fourth-order valence-corrected chi connectivity index (χ4v) is 5.22. The Labute approximate surface area is 75.7 Å². The van der Waals surface area contributed by atoms with Gasteiger partial charge in [0.2, 0.25) is 0 Å². The largest absolute Gasteiger partial charge is 0.0695 e. The molecule has 1 heteroatoms. The summed E-state index contributed by atoms with van der Waals surface area (Å²) in [6.45, 7) is 4.78. The molecule has 0 nitrogen and oxygen atoms in total. The lowest BCUT2D eigenvalue weighted by Crippen LogP contribution is -2.30. The van der Waals surface area contributed by atoms with Crippen LogP contribution in [0.4, 0.5) is 0 Å². The van der Waals surface area contributed by atoms with Crippen LogP contribution in [0.15, 0.2) is 30.3 Å². The van der Waals surface area contributed by atoms with Gasteiger partial charge in [0.25, 0.3) is 0 Å². The zero-order valence-electron chi connectivity index (χ0n) is 7.70. The van der Waals surface area contributed by atoms with Crippen LogP contribution in [0.5, 0.6) is 0 Å². The molecular formula is C11H15P. The summed E-state index contributed by atoms with van der Waals surface area (Å²) in [5.74, 6) is 0. The maximum absolute atomic E-state index is 2.39. The summed E-state index contributed by atoms with van der Waals surface area (Å²) < 4.78 is 0. The van der Waals surface area contributed by atoms with Crippen LogP contribution in [-0.4, -0.2) is 11.3 Å². The molecule has 1 fully saturated rings. The molecule has 0 N–H and O–H groups in total. The predicted octanol–water partition coefficient (Wildman–Crippen LogP) is 2.97. The summed E-state index contributed by atoms with van der Waals surface area (Å²) >= 11 is 0. The van der Waals surface area contributed by atoms with Gasteiger partial charge in [0.15, 0.2) is 0 Å². The highest BCUT2D eigenvalue weighted by molar-refractivity contribution is 7.68. The fraction of sp³-hybridized carbons (Fsp3) is 0.455. The van der Waals surface area contributed by atoms with E-state index in [0.29, 0.717) is 0 Å². The van der Waals surface area contributed by atoms with Gasteiger partial charge in [-0.25, -0.2) is 0 Å². The summed E-state index contributed by atoms with van der Waals surface area (Å²) in [4.78, 5) is 0. The Morgan fingerprint density at radius 2 is 1.67 bits per heavy atom. The minimum Gasteiger partial charge on any atom is -0.0695 e. The van der Waals surface area contributed by atoms with Crippen molar-refractivity contribution >= 4 is 13.2 Å². The van der Waals surface area contributed by atoms with E-state index in [4.69, 9.17) is 0 Å². The predicted molar refractivity (Wildman–Crippen MR) is 56.5 cm³/mol. The van der Waals surface area contributed by atoms with Gasteiger partial charge in [-0.3, -0.25) is 0 Å². The molecule has 0 spiro atoms. The fourth-order valence-electron chi connectivity index (χ4n) is 2.13. The third-order valence-electron chi connectivity index (χ3n) is 2.69. The second-order valence-electron chi connectivity index (χ2n) is 3.68. The van der Waals surface area contributed by atoms with Gasteiger partial charge in [0.1, 0.15) is 0 Å². The number of hydrogen-bond acceptors (Lipinski definition) is 0. The zero-order valence-corrected chi connectivity index (χ0v) is 8.59. The van der Waals surface area contributed by atoms with Gasteiger partial charge >= 0.3 is 0 Å². The van der Waals surface area contributed by atoms with E-state index in [0.717, 1.165) is 11.3 Å². The number of benzene rings is 1. The van der Waals surface area contributed by atoms with Gasteiger partial charge in [-0.15, -0.1) is 0 Å². The quantitative estimate of drug-likeness (QED) is 0.580. The van der Waals surface area contributed by atoms with E-state index >= 15 is 0 Å². The molecule has 1 aromatic carbocycles. The second-order valence-corrected chi connectivity index (χ2v) is 6.77. The van der Waals surface area contributed by atoms with E-state index in [9.17, 15) is 0 Å². The van der Waals surface area contributed by atoms with Gasteiger partial charge in [0, 0.05) is 0 Å². The highest BCUT2D eigenvalue weighted by atomic mass is 31.1. The van der Waals surface area contributed by atoms with Crippen molar-refractivity contribution in [3.05, 3.63) is 30.3 Å². The monoisotopic (exact) mass is 178 g/mol. The molecule has 12 heavy (non-hydrogen) atoms. The molecule has 0 aliphatic carbocycles. The Morgan fingerprint density at radius 3 is 2.17 bits per heavy atom. The minimum absolute atomic E-state index is 0.185. The molecule has 1 heterocycles. The third-order valence-corrected chi connectivity index (χ3v) is 5.90. The number of rotatable bonds is 1. The minimum atomic E-state index is 0.185. The molecular weight excluding hydrogens is 163 g/mol. The van der Waals surface area contributed by atoms with Crippen LogP contribution < -0.4 is 5.30 Å². The van der Waals surface area contributed by atoms with Crippen LogP contribution in [0.1, 0.15) is 20.3 Å². The smallest absolute Gasteiger partial charge is 0.0189 e. The Hall–Kier alpha value is -0.350. The Kier molecular flexibility index (Phi) is 2.19. The summed E-state index contributed by atoms with van der Waals surface area (Å²) in [7, 11) is 0.185. The molecule has 2 rings (SSSR count). The van der Waals surface area contributed by atoms with Crippen molar-refractivity contribution < 1.29 is 0 Å². The first kappa shape index (κ1) is 8.26. The standard InChI is InChI=1S/C11H15P/c1-9-8-10(2)12(9)11-6-4-3-5-7-11/h3-7,9-10H,8H2,1-2H3/t9-,10+,12?. The first-order chi connectivity index (χ1) is 5.79. The molecule has 1 saturated heterocycles. The van der Waals surface area contributed by atoms with E-state index in [2.05, 4.69) is 44.2 Å². The van der Waals surface area contributed by atoms with Crippen LogP contribution in [-0.2, 0) is 0 Å². The van der Waals surface area contributed by atoms with Crippen molar-refractivity contribution in [2.24, 2.45) is 0 Å². The molecule has 0 aromatic heterocycles. The van der Waals surface area contributed by atoms with Crippen molar-refractivity contribution in [2.75, 3.05) is 0 Å². The first-order valence-corrected chi connectivity index (χ1v) is 6.10. The summed E-state index contributed by atoms with van der Waals surface area (Å²) in [6.07, 6.45) is 1.43. The molecule has 0 saturated carbocycles.